The highest BCUT2D eigenvalue weighted by atomic mass is 32.2. The first-order chi connectivity index (χ1) is 12.1. The molecule has 2 bridgehead atoms. The van der Waals surface area contributed by atoms with Gasteiger partial charge >= 0.3 is 0 Å². The second-order valence-electron chi connectivity index (χ2n) is 8.42. The smallest absolute Gasteiger partial charge is 0.243 e. The summed E-state index contributed by atoms with van der Waals surface area (Å²) in [6.07, 6.45) is 3.73. The van der Waals surface area contributed by atoms with Crippen LogP contribution in [0.5, 0.6) is 0 Å². The van der Waals surface area contributed by atoms with Gasteiger partial charge in [0, 0.05) is 23.5 Å². The van der Waals surface area contributed by atoms with Crippen molar-refractivity contribution < 1.29 is 17.6 Å². The van der Waals surface area contributed by atoms with Gasteiger partial charge in [-0.1, -0.05) is 33.3 Å². The largest absolute Gasteiger partial charge is 0.353 e. The molecule has 2 saturated heterocycles. The number of benzene rings is 1. The maximum absolute atomic E-state index is 13.5. The average molecular weight is 383 g/mol. The van der Waals surface area contributed by atoms with Crippen molar-refractivity contribution in [1.82, 2.24) is 9.62 Å². The number of nitrogens with one attached hydrogen (secondary N) is 1. The lowest BCUT2D eigenvalue weighted by atomic mass is 9.83. The van der Waals surface area contributed by atoms with Gasteiger partial charge in [0.1, 0.15) is 5.82 Å². The fourth-order valence-electron chi connectivity index (χ4n) is 4.00. The lowest BCUT2D eigenvalue weighted by Gasteiger charge is -2.48. The van der Waals surface area contributed by atoms with E-state index < -0.39 is 21.3 Å². The Labute approximate surface area is 155 Å². The lowest BCUT2D eigenvalue weighted by Crippen LogP contribution is -2.59. The molecule has 1 amide bonds. The van der Waals surface area contributed by atoms with Crippen molar-refractivity contribution in [3.8, 4) is 0 Å². The van der Waals surface area contributed by atoms with E-state index in [9.17, 15) is 17.6 Å². The van der Waals surface area contributed by atoms with Gasteiger partial charge in [-0.05, 0) is 43.9 Å². The van der Waals surface area contributed by atoms with Gasteiger partial charge < -0.3 is 5.32 Å². The molecule has 1 N–H and O–H groups in total. The number of fused-ring (bicyclic) bond motifs is 2. The molecular weight excluding hydrogens is 355 g/mol. The van der Waals surface area contributed by atoms with E-state index in [0.29, 0.717) is 12.8 Å². The van der Waals surface area contributed by atoms with E-state index in [1.165, 1.54) is 18.2 Å². The predicted molar refractivity (Wildman–Crippen MR) is 97.5 cm³/mol. The molecule has 26 heavy (non-hydrogen) atoms. The van der Waals surface area contributed by atoms with Crippen LogP contribution in [-0.4, -0.2) is 36.8 Å². The SMILES string of the molecule is CC(C)(C)C(=O)NC1C[C@@H]2CCC[C@@H](C1)N2S(=O)(=O)c1cccc(F)c1. The number of piperidine rings is 2. The maximum atomic E-state index is 13.5. The summed E-state index contributed by atoms with van der Waals surface area (Å²) in [7, 11) is -3.74. The van der Waals surface area contributed by atoms with Crippen molar-refractivity contribution in [3.63, 3.8) is 0 Å². The molecule has 2 fully saturated rings. The number of hydrogen-bond donors (Lipinski definition) is 1. The first-order valence-electron chi connectivity index (χ1n) is 9.19. The lowest BCUT2D eigenvalue weighted by molar-refractivity contribution is -0.129. The summed E-state index contributed by atoms with van der Waals surface area (Å²) in [5.74, 6) is -0.564. The van der Waals surface area contributed by atoms with E-state index in [-0.39, 0.29) is 28.9 Å². The molecule has 2 aliphatic heterocycles. The summed E-state index contributed by atoms with van der Waals surface area (Å²) in [4.78, 5) is 12.3. The highest BCUT2D eigenvalue weighted by Crippen LogP contribution is 2.38. The standard InChI is InChI=1S/C19H27FN2O3S/c1-19(2,3)18(23)21-14-11-15-7-5-8-16(12-14)22(15)26(24,25)17-9-4-6-13(20)10-17/h4,6,9-10,14-16H,5,7-8,11-12H2,1-3H3,(H,21,23)/t15-,16-/m0/s1. The zero-order chi connectivity index (χ0) is 19.1. The molecule has 0 radical (unpaired) electrons. The van der Waals surface area contributed by atoms with Gasteiger partial charge in [0.25, 0.3) is 0 Å². The second kappa shape index (κ2) is 6.93. The van der Waals surface area contributed by atoms with Crippen molar-refractivity contribution in [2.24, 2.45) is 5.41 Å². The van der Waals surface area contributed by atoms with Gasteiger partial charge in [-0.15, -0.1) is 0 Å². The molecule has 1 aromatic rings. The number of amides is 1. The Bertz CT molecular complexity index is 774. The van der Waals surface area contributed by atoms with Crippen LogP contribution in [0.1, 0.15) is 52.9 Å². The second-order valence-corrected chi connectivity index (χ2v) is 10.3. The van der Waals surface area contributed by atoms with Gasteiger partial charge in [-0.25, -0.2) is 12.8 Å². The molecule has 7 heteroatoms. The number of rotatable bonds is 3. The van der Waals surface area contributed by atoms with Gasteiger partial charge in [-0.3, -0.25) is 4.79 Å². The zero-order valence-corrected chi connectivity index (χ0v) is 16.4. The van der Waals surface area contributed by atoms with Crippen molar-refractivity contribution in [3.05, 3.63) is 30.1 Å². The molecule has 2 heterocycles. The van der Waals surface area contributed by atoms with E-state index >= 15 is 0 Å². The highest BCUT2D eigenvalue weighted by molar-refractivity contribution is 7.89. The fraction of sp³-hybridized carbons (Fsp3) is 0.632. The van der Waals surface area contributed by atoms with E-state index in [2.05, 4.69) is 5.32 Å². The Morgan fingerprint density at radius 2 is 1.81 bits per heavy atom. The van der Waals surface area contributed by atoms with Gasteiger partial charge in [0.15, 0.2) is 0 Å². The minimum atomic E-state index is -3.74. The predicted octanol–water partition coefficient (Wildman–Crippen LogP) is 3.06. The monoisotopic (exact) mass is 382 g/mol. The van der Waals surface area contributed by atoms with Crippen LogP contribution in [0.3, 0.4) is 0 Å². The molecule has 0 spiro atoms. The van der Waals surface area contributed by atoms with Crippen LogP contribution in [0.25, 0.3) is 0 Å². The Hall–Kier alpha value is -1.47. The first-order valence-corrected chi connectivity index (χ1v) is 10.6. The first kappa shape index (κ1) is 19.3. The van der Waals surface area contributed by atoms with Crippen molar-refractivity contribution >= 4 is 15.9 Å². The van der Waals surface area contributed by atoms with Crippen LogP contribution < -0.4 is 5.32 Å². The minimum Gasteiger partial charge on any atom is -0.353 e. The van der Waals surface area contributed by atoms with Crippen LogP contribution in [-0.2, 0) is 14.8 Å². The Kier molecular flexibility index (Phi) is 5.14. The van der Waals surface area contributed by atoms with Gasteiger partial charge in [0.05, 0.1) is 4.90 Å². The quantitative estimate of drug-likeness (QED) is 0.874. The van der Waals surface area contributed by atoms with E-state index in [0.717, 1.165) is 25.3 Å². The molecule has 0 aliphatic carbocycles. The van der Waals surface area contributed by atoms with Crippen molar-refractivity contribution in [1.29, 1.82) is 0 Å². The number of nitrogens with zero attached hydrogens (tertiary/aromatic N) is 1. The average Bonchev–Trinajstić information content (AvgIpc) is 2.53. The molecule has 2 aliphatic rings. The number of halogens is 1. The molecular formula is C19H27FN2O3S. The van der Waals surface area contributed by atoms with Crippen LogP contribution in [0.15, 0.2) is 29.2 Å². The summed E-state index contributed by atoms with van der Waals surface area (Å²) in [5.41, 5.74) is -0.472. The third-order valence-electron chi connectivity index (χ3n) is 5.30. The van der Waals surface area contributed by atoms with E-state index in [1.807, 2.05) is 20.8 Å². The van der Waals surface area contributed by atoms with Crippen molar-refractivity contribution in [2.75, 3.05) is 0 Å². The molecule has 144 valence electrons. The molecule has 0 unspecified atom stereocenters. The molecule has 1 aromatic carbocycles. The Balaban J connectivity index is 1.82. The zero-order valence-electron chi connectivity index (χ0n) is 15.5. The van der Waals surface area contributed by atoms with Gasteiger partial charge in [0.2, 0.25) is 15.9 Å². The number of sulfonamides is 1. The maximum Gasteiger partial charge on any atom is 0.243 e. The molecule has 2 atom stereocenters. The summed E-state index contributed by atoms with van der Waals surface area (Å²) < 4.78 is 41.3. The summed E-state index contributed by atoms with van der Waals surface area (Å²) >= 11 is 0. The molecule has 3 rings (SSSR count). The number of carbonyl (C=O) groups is 1. The van der Waals surface area contributed by atoms with E-state index in [1.54, 1.807) is 4.31 Å². The van der Waals surface area contributed by atoms with Crippen molar-refractivity contribution in [2.45, 2.75) is 75.9 Å². The summed E-state index contributed by atoms with van der Waals surface area (Å²) in [6.45, 7) is 5.60. The minimum absolute atomic E-state index is 0.00609. The fourth-order valence-corrected chi connectivity index (χ4v) is 5.92. The van der Waals surface area contributed by atoms with E-state index in [4.69, 9.17) is 0 Å². The van der Waals surface area contributed by atoms with Crippen LogP contribution in [0.4, 0.5) is 4.39 Å². The summed E-state index contributed by atoms with van der Waals surface area (Å²) in [6, 6.07) is 4.88. The topological polar surface area (TPSA) is 66.5 Å². The van der Waals surface area contributed by atoms with Gasteiger partial charge in [-0.2, -0.15) is 4.31 Å². The molecule has 5 nitrogen and oxygen atoms in total. The number of hydrogen-bond acceptors (Lipinski definition) is 3. The normalized spacial score (nSPS) is 27.2. The van der Waals surface area contributed by atoms with Crippen LogP contribution >= 0.6 is 0 Å². The Morgan fingerprint density at radius 3 is 2.35 bits per heavy atom. The van der Waals surface area contributed by atoms with Crippen LogP contribution in [0.2, 0.25) is 0 Å². The van der Waals surface area contributed by atoms with Crippen LogP contribution in [0, 0.1) is 11.2 Å². The third-order valence-corrected chi connectivity index (χ3v) is 7.30. The summed E-state index contributed by atoms with van der Waals surface area (Å²) in [5, 5.41) is 3.09. The Morgan fingerprint density at radius 1 is 1.19 bits per heavy atom. The highest BCUT2D eigenvalue weighted by Gasteiger charge is 2.45. The molecule has 0 saturated carbocycles. The third kappa shape index (κ3) is 3.78. The number of carbonyl (C=O) groups excluding carboxylic acids is 1. The molecule has 0 aromatic heterocycles.